The molecule has 0 saturated heterocycles. The van der Waals surface area contributed by atoms with Crippen LogP contribution in [0.1, 0.15) is 15.4 Å². The molecule has 0 radical (unpaired) electrons. The normalized spacial score (nSPS) is 10.9. The molecule has 19 heavy (non-hydrogen) atoms. The lowest BCUT2D eigenvalue weighted by molar-refractivity contribution is 0.0939. The van der Waals surface area contributed by atoms with E-state index in [1.165, 1.54) is 0 Å². The molecule has 1 amide bonds. The third-order valence-corrected chi connectivity index (χ3v) is 3.59. The van der Waals surface area contributed by atoms with E-state index in [1.54, 1.807) is 28.3 Å². The highest BCUT2D eigenvalue weighted by atomic mass is 32.1. The van der Waals surface area contributed by atoms with Crippen LogP contribution in [0.15, 0.2) is 29.8 Å². The molecule has 0 aliphatic carbocycles. The van der Waals surface area contributed by atoms with Crippen LogP contribution in [0.25, 0.3) is 0 Å². The van der Waals surface area contributed by atoms with Gasteiger partial charge in [-0.25, -0.2) is 0 Å². The number of hydrogen-bond acceptors (Lipinski definition) is 4. The Kier molecular flexibility index (Phi) is 4.70. The van der Waals surface area contributed by atoms with Crippen LogP contribution in [0.2, 0.25) is 0 Å². The Balaban J connectivity index is 1.93. The highest BCUT2D eigenvalue weighted by molar-refractivity contribution is 7.09. The molecule has 0 spiro atoms. The molecule has 1 N–H and O–H groups in total. The fraction of sp³-hybridized carbons (Fsp3) is 0.385. The maximum absolute atomic E-state index is 12.1. The molecular formula is C13H18N4OS. The minimum atomic E-state index is -0.0790. The molecule has 2 rings (SSSR count). The van der Waals surface area contributed by atoms with Gasteiger partial charge >= 0.3 is 0 Å². The molecule has 2 aromatic heterocycles. The van der Waals surface area contributed by atoms with Crippen molar-refractivity contribution in [2.24, 2.45) is 0 Å². The van der Waals surface area contributed by atoms with Gasteiger partial charge in [0.25, 0.3) is 5.91 Å². The highest BCUT2D eigenvalue weighted by Gasteiger charge is 2.11. The zero-order chi connectivity index (χ0) is 13.7. The van der Waals surface area contributed by atoms with E-state index in [0.717, 1.165) is 11.4 Å². The number of nitrogens with one attached hydrogen (secondary N) is 1. The summed E-state index contributed by atoms with van der Waals surface area (Å²) in [5.41, 5.74) is 0.610. The summed E-state index contributed by atoms with van der Waals surface area (Å²) in [5, 5.41) is 9.10. The van der Waals surface area contributed by atoms with Gasteiger partial charge in [-0.3, -0.25) is 9.48 Å². The zero-order valence-corrected chi connectivity index (χ0v) is 12.0. The van der Waals surface area contributed by atoms with E-state index in [-0.39, 0.29) is 5.91 Å². The number of likely N-dealkylation sites (N-methyl/N-ethyl adjacent to an activating group) is 1. The first-order chi connectivity index (χ1) is 9.16. The second kappa shape index (κ2) is 6.49. The number of carbonyl (C=O) groups excluding carboxylic acids is 1. The summed E-state index contributed by atoms with van der Waals surface area (Å²) in [6.07, 6.45) is 1.66. The van der Waals surface area contributed by atoms with Gasteiger partial charge in [0, 0.05) is 17.6 Å². The molecule has 102 valence electrons. The lowest BCUT2D eigenvalue weighted by Crippen LogP contribution is -2.27. The summed E-state index contributed by atoms with van der Waals surface area (Å²) < 4.78 is 1.74. The average Bonchev–Trinajstić information content (AvgIpc) is 3.04. The van der Waals surface area contributed by atoms with E-state index < -0.39 is 0 Å². The van der Waals surface area contributed by atoms with Crippen molar-refractivity contribution < 1.29 is 4.79 Å². The van der Waals surface area contributed by atoms with Gasteiger partial charge in [0.15, 0.2) is 0 Å². The van der Waals surface area contributed by atoms with E-state index >= 15 is 0 Å². The lowest BCUT2D eigenvalue weighted by Gasteiger charge is -2.11. The molecule has 2 aromatic rings. The van der Waals surface area contributed by atoms with Gasteiger partial charge in [-0.1, -0.05) is 6.07 Å². The first-order valence-electron chi connectivity index (χ1n) is 6.14. The van der Waals surface area contributed by atoms with Crippen molar-refractivity contribution in [3.05, 3.63) is 40.3 Å². The smallest absolute Gasteiger partial charge is 0.269 e. The average molecular weight is 278 g/mol. The summed E-state index contributed by atoms with van der Waals surface area (Å²) in [6.45, 7) is 2.13. The van der Waals surface area contributed by atoms with Crippen LogP contribution >= 0.6 is 11.3 Å². The molecule has 0 fully saturated rings. The molecule has 0 atom stereocenters. The van der Waals surface area contributed by atoms with Crippen molar-refractivity contribution in [3.63, 3.8) is 0 Å². The minimum Gasteiger partial charge on any atom is -0.346 e. The fourth-order valence-electron chi connectivity index (χ4n) is 1.67. The van der Waals surface area contributed by atoms with Gasteiger partial charge < -0.3 is 10.2 Å². The Hall–Kier alpha value is -1.66. The van der Waals surface area contributed by atoms with Crippen LogP contribution in [0.4, 0.5) is 0 Å². The van der Waals surface area contributed by atoms with E-state index in [1.807, 2.05) is 31.6 Å². The van der Waals surface area contributed by atoms with E-state index in [2.05, 4.69) is 15.3 Å². The van der Waals surface area contributed by atoms with Gasteiger partial charge in [-0.2, -0.15) is 5.10 Å². The number of rotatable bonds is 6. The second-order valence-corrected chi connectivity index (χ2v) is 5.54. The molecule has 0 saturated carbocycles. The maximum atomic E-state index is 12.1. The van der Waals surface area contributed by atoms with Gasteiger partial charge in [-0.15, -0.1) is 11.3 Å². The minimum absolute atomic E-state index is 0.0790. The topological polar surface area (TPSA) is 50.2 Å². The first kappa shape index (κ1) is 13.8. The summed E-state index contributed by atoms with van der Waals surface area (Å²) in [7, 11) is 4.00. The summed E-state index contributed by atoms with van der Waals surface area (Å²) in [4.78, 5) is 15.3. The SMILES string of the molecule is CN(C)CCn1nccc1C(=O)NCc1cccs1. The van der Waals surface area contributed by atoms with Gasteiger partial charge in [0.05, 0.1) is 13.1 Å². The van der Waals surface area contributed by atoms with Gasteiger partial charge in [-0.05, 0) is 31.6 Å². The van der Waals surface area contributed by atoms with Crippen molar-refractivity contribution in [2.75, 3.05) is 20.6 Å². The van der Waals surface area contributed by atoms with Gasteiger partial charge in [0.2, 0.25) is 0 Å². The number of carbonyl (C=O) groups is 1. The van der Waals surface area contributed by atoms with E-state index in [4.69, 9.17) is 0 Å². The second-order valence-electron chi connectivity index (χ2n) is 4.50. The summed E-state index contributed by atoms with van der Waals surface area (Å²) >= 11 is 1.64. The predicted octanol–water partition coefficient (Wildman–Crippen LogP) is 1.44. The largest absolute Gasteiger partial charge is 0.346 e. The highest BCUT2D eigenvalue weighted by Crippen LogP contribution is 2.08. The summed E-state index contributed by atoms with van der Waals surface area (Å²) in [6, 6.07) is 5.74. The van der Waals surface area contributed by atoms with Crippen molar-refractivity contribution in [1.82, 2.24) is 20.0 Å². The molecule has 5 nitrogen and oxygen atoms in total. The molecule has 0 aromatic carbocycles. The van der Waals surface area contributed by atoms with Crippen LogP contribution in [-0.4, -0.2) is 41.2 Å². The number of amides is 1. The third kappa shape index (κ3) is 3.90. The van der Waals surface area contributed by atoms with Crippen molar-refractivity contribution >= 4 is 17.2 Å². The van der Waals surface area contributed by atoms with Crippen LogP contribution < -0.4 is 5.32 Å². The Labute approximate surface area is 116 Å². The maximum Gasteiger partial charge on any atom is 0.269 e. The number of hydrogen-bond donors (Lipinski definition) is 1. The quantitative estimate of drug-likeness (QED) is 0.870. The lowest BCUT2D eigenvalue weighted by atomic mass is 10.3. The van der Waals surface area contributed by atoms with Crippen LogP contribution in [-0.2, 0) is 13.1 Å². The number of nitrogens with zero attached hydrogens (tertiary/aromatic N) is 3. The first-order valence-corrected chi connectivity index (χ1v) is 7.02. The van der Waals surface area contributed by atoms with Crippen LogP contribution in [0.5, 0.6) is 0 Å². The number of aromatic nitrogens is 2. The Morgan fingerprint density at radius 2 is 2.32 bits per heavy atom. The standard InChI is InChI=1S/C13H18N4OS/c1-16(2)7-8-17-12(5-6-15-17)13(18)14-10-11-4-3-9-19-11/h3-6,9H,7-8,10H2,1-2H3,(H,14,18). The van der Waals surface area contributed by atoms with Crippen molar-refractivity contribution in [2.45, 2.75) is 13.1 Å². The molecule has 2 heterocycles. The Morgan fingerprint density at radius 3 is 3.00 bits per heavy atom. The van der Waals surface area contributed by atoms with Crippen LogP contribution in [0, 0.1) is 0 Å². The van der Waals surface area contributed by atoms with Gasteiger partial charge in [0.1, 0.15) is 5.69 Å². The molecular weight excluding hydrogens is 260 g/mol. The molecule has 6 heteroatoms. The molecule has 0 aliphatic rings. The zero-order valence-electron chi connectivity index (χ0n) is 11.2. The molecule has 0 unspecified atom stereocenters. The molecule has 0 bridgehead atoms. The van der Waals surface area contributed by atoms with E-state index in [9.17, 15) is 4.79 Å². The Morgan fingerprint density at radius 1 is 1.47 bits per heavy atom. The Bertz CT molecular complexity index is 518. The fourth-order valence-corrected chi connectivity index (χ4v) is 2.31. The number of thiophene rings is 1. The van der Waals surface area contributed by atoms with Crippen molar-refractivity contribution in [1.29, 1.82) is 0 Å². The predicted molar refractivity (Wildman–Crippen MR) is 76.3 cm³/mol. The van der Waals surface area contributed by atoms with Crippen molar-refractivity contribution in [3.8, 4) is 0 Å². The van der Waals surface area contributed by atoms with Crippen LogP contribution in [0.3, 0.4) is 0 Å². The third-order valence-electron chi connectivity index (χ3n) is 2.71. The van der Waals surface area contributed by atoms with E-state index in [0.29, 0.717) is 18.8 Å². The molecule has 0 aliphatic heterocycles. The monoisotopic (exact) mass is 278 g/mol. The summed E-state index contributed by atoms with van der Waals surface area (Å²) in [5.74, 6) is -0.0790.